The van der Waals surface area contributed by atoms with Crippen LogP contribution in [0.2, 0.25) is 0 Å². The highest BCUT2D eigenvalue weighted by Gasteiger charge is 2.12. The van der Waals surface area contributed by atoms with E-state index in [4.69, 9.17) is 5.84 Å². The van der Waals surface area contributed by atoms with Gasteiger partial charge in [0.15, 0.2) is 0 Å². The molecule has 0 saturated heterocycles. The van der Waals surface area contributed by atoms with E-state index in [1.54, 1.807) is 30.3 Å². The molecule has 0 saturated carbocycles. The Bertz CT molecular complexity index is 1010. The third-order valence-corrected chi connectivity index (χ3v) is 4.82. The lowest BCUT2D eigenvalue weighted by Gasteiger charge is -2.05. The number of nitrogens with zero attached hydrogens (tertiary/aromatic N) is 4. The van der Waals surface area contributed by atoms with Crippen molar-refractivity contribution in [2.75, 3.05) is 22.3 Å². The number of hydrazone groups is 1. The SMILES string of the molecule is Nn1c(N/N=C/c2ccccc2F)nnc1SCC(=O)Nc1cccc(Br)c1. The van der Waals surface area contributed by atoms with Gasteiger partial charge < -0.3 is 11.2 Å². The number of nitrogens with one attached hydrogen (secondary N) is 2. The Morgan fingerprint density at radius 3 is 2.89 bits per heavy atom. The molecule has 0 fully saturated rings. The Hall–Kier alpha value is -2.92. The van der Waals surface area contributed by atoms with Crippen molar-refractivity contribution in [2.45, 2.75) is 5.16 Å². The van der Waals surface area contributed by atoms with Crippen LogP contribution in [0.1, 0.15) is 5.56 Å². The summed E-state index contributed by atoms with van der Waals surface area (Å²) in [5, 5.41) is 14.8. The Balaban J connectivity index is 1.54. The van der Waals surface area contributed by atoms with Crippen LogP contribution in [0, 0.1) is 5.82 Å². The maximum atomic E-state index is 13.5. The lowest BCUT2D eigenvalue weighted by Crippen LogP contribution is -2.16. The number of hydrogen-bond acceptors (Lipinski definition) is 7. The molecule has 1 heterocycles. The first-order chi connectivity index (χ1) is 13.5. The van der Waals surface area contributed by atoms with Crippen molar-refractivity contribution in [1.29, 1.82) is 0 Å². The quantitative estimate of drug-likeness (QED) is 0.215. The number of aromatic nitrogens is 3. The van der Waals surface area contributed by atoms with E-state index < -0.39 is 5.82 Å². The molecule has 1 aromatic heterocycles. The Morgan fingerprint density at radius 2 is 2.11 bits per heavy atom. The van der Waals surface area contributed by atoms with Gasteiger partial charge in [-0.1, -0.05) is 52.0 Å². The first-order valence-electron chi connectivity index (χ1n) is 7.95. The molecule has 2 aromatic carbocycles. The Labute approximate surface area is 172 Å². The van der Waals surface area contributed by atoms with Crippen molar-refractivity contribution >= 4 is 51.4 Å². The number of hydrogen-bond donors (Lipinski definition) is 3. The number of amides is 1. The van der Waals surface area contributed by atoms with Gasteiger partial charge in [-0.25, -0.2) is 14.5 Å². The van der Waals surface area contributed by atoms with Crippen molar-refractivity contribution in [3.05, 3.63) is 64.4 Å². The van der Waals surface area contributed by atoms with Crippen LogP contribution in [0.3, 0.4) is 0 Å². The molecule has 0 radical (unpaired) electrons. The average molecular weight is 464 g/mol. The van der Waals surface area contributed by atoms with Gasteiger partial charge in [0, 0.05) is 15.7 Å². The van der Waals surface area contributed by atoms with Gasteiger partial charge in [0.05, 0.1) is 12.0 Å². The van der Waals surface area contributed by atoms with Crippen LogP contribution in [0.4, 0.5) is 16.0 Å². The molecule has 0 unspecified atom stereocenters. The molecule has 0 bridgehead atoms. The summed E-state index contributed by atoms with van der Waals surface area (Å²) < 4.78 is 15.6. The monoisotopic (exact) mass is 463 g/mol. The molecule has 4 N–H and O–H groups in total. The van der Waals surface area contributed by atoms with Gasteiger partial charge in [0.25, 0.3) is 5.95 Å². The zero-order valence-electron chi connectivity index (χ0n) is 14.3. The minimum absolute atomic E-state index is 0.0976. The molecule has 1 amide bonds. The van der Waals surface area contributed by atoms with E-state index in [0.717, 1.165) is 20.9 Å². The number of rotatable bonds is 7. The number of halogens is 2. The van der Waals surface area contributed by atoms with Crippen LogP contribution in [-0.4, -0.2) is 32.7 Å². The van der Waals surface area contributed by atoms with Crippen molar-refractivity contribution < 1.29 is 9.18 Å². The smallest absolute Gasteiger partial charge is 0.264 e. The second-order valence-corrected chi connectivity index (χ2v) is 7.27. The van der Waals surface area contributed by atoms with Gasteiger partial charge in [0.2, 0.25) is 11.1 Å². The Morgan fingerprint density at radius 1 is 1.29 bits per heavy atom. The molecule has 0 aliphatic heterocycles. The first kappa shape index (κ1) is 19.8. The van der Waals surface area contributed by atoms with Gasteiger partial charge in [-0.2, -0.15) is 5.10 Å². The van der Waals surface area contributed by atoms with Crippen LogP contribution in [0.25, 0.3) is 0 Å². The molecular weight excluding hydrogens is 449 g/mol. The van der Waals surface area contributed by atoms with E-state index in [9.17, 15) is 9.18 Å². The zero-order valence-corrected chi connectivity index (χ0v) is 16.7. The van der Waals surface area contributed by atoms with E-state index >= 15 is 0 Å². The van der Waals surface area contributed by atoms with Crippen molar-refractivity contribution in [3.8, 4) is 0 Å². The van der Waals surface area contributed by atoms with E-state index in [0.29, 0.717) is 16.4 Å². The minimum Gasteiger partial charge on any atom is -0.334 e. The summed E-state index contributed by atoms with van der Waals surface area (Å²) in [6.07, 6.45) is 1.31. The summed E-state index contributed by atoms with van der Waals surface area (Å²) in [4.78, 5) is 12.1. The number of thioether (sulfide) groups is 1. The van der Waals surface area contributed by atoms with Crippen LogP contribution < -0.4 is 16.6 Å². The first-order valence-corrected chi connectivity index (χ1v) is 9.73. The van der Waals surface area contributed by atoms with Crippen LogP contribution in [0.5, 0.6) is 0 Å². The highest BCUT2D eigenvalue weighted by atomic mass is 79.9. The molecule has 3 rings (SSSR count). The van der Waals surface area contributed by atoms with E-state index in [1.165, 1.54) is 12.3 Å². The number of nitrogens with two attached hydrogens (primary N) is 1. The summed E-state index contributed by atoms with van der Waals surface area (Å²) in [5.74, 6) is 5.54. The maximum Gasteiger partial charge on any atom is 0.264 e. The number of carbonyl (C=O) groups is 1. The van der Waals surface area contributed by atoms with Crippen molar-refractivity contribution in [3.63, 3.8) is 0 Å². The molecule has 144 valence electrons. The van der Waals surface area contributed by atoms with E-state index in [-0.39, 0.29) is 17.6 Å². The van der Waals surface area contributed by atoms with Crippen molar-refractivity contribution in [2.24, 2.45) is 5.10 Å². The molecule has 8 nitrogen and oxygen atoms in total. The summed E-state index contributed by atoms with van der Waals surface area (Å²) in [5.41, 5.74) is 3.59. The van der Waals surface area contributed by atoms with Gasteiger partial charge >= 0.3 is 0 Å². The fraction of sp³-hybridized carbons (Fsp3) is 0.0588. The molecule has 11 heteroatoms. The number of benzene rings is 2. The predicted octanol–water partition coefficient (Wildman–Crippen LogP) is 3.07. The minimum atomic E-state index is -0.394. The fourth-order valence-corrected chi connectivity index (χ4v) is 3.14. The highest BCUT2D eigenvalue weighted by Crippen LogP contribution is 2.19. The van der Waals surface area contributed by atoms with Gasteiger partial charge in [-0.15, -0.1) is 10.2 Å². The van der Waals surface area contributed by atoms with Crippen LogP contribution in [0.15, 0.2) is 63.3 Å². The van der Waals surface area contributed by atoms with E-state index in [1.807, 2.05) is 12.1 Å². The van der Waals surface area contributed by atoms with Gasteiger partial charge in [-0.3, -0.25) is 4.79 Å². The summed E-state index contributed by atoms with van der Waals surface area (Å²) in [7, 11) is 0. The van der Waals surface area contributed by atoms with Crippen LogP contribution >= 0.6 is 27.7 Å². The molecule has 0 aliphatic rings. The Kier molecular flexibility index (Phi) is 6.61. The topological polar surface area (TPSA) is 110 Å². The van der Waals surface area contributed by atoms with Gasteiger partial charge in [-0.05, 0) is 24.3 Å². The number of nitrogen functional groups attached to an aromatic ring is 1. The van der Waals surface area contributed by atoms with Gasteiger partial charge in [0.1, 0.15) is 5.82 Å². The molecular formula is C17H15BrFN7OS. The normalized spacial score (nSPS) is 10.9. The second kappa shape index (κ2) is 9.33. The predicted molar refractivity (Wildman–Crippen MR) is 111 cm³/mol. The standard InChI is InChI=1S/C17H15BrFN7OS/c18-12-5-3-6-13(8-12)22-15(27)10-28-17-25-24-16(26(17)20)23-21-9-11-4-1-2-7-14(11)19/h1-9H,10,20H2,(H,22,27)(H,23,24)/b21-9+. The summed E-state index contributed by atoms with van der Waals surface area (Å²) >= 11 is 4.47. The largest absolute Gasteiger partial charge is 0.334 e. The van der Waals surface area contributed by atoms with Crippen molar-refractivity contribution in [1.82, 2.24) is 14.9 Å². The molecule has 0 spiro atoms. The average Bonchev–Trinajstić information content (AvgIpc) is 3.01. The molecule has 0 atom stereocenters. The molecule has 3 aromatic rings. The fourth-order valence-electron chi connectivity index (χ4n) is 2.08. The molecule has 0 aliphatic carbocycles. The second-order valence-electron chi connectivity index (χ2n) is 5.41. The third-order valence-electron chi connectivity index (χ3n) is 3.38. The maximum absolute atomic E-state index is 13.5. The summed E-state index contributed by atoms with van der Waals surface area (Å²) in [6.45, 7) is 0. The zero-order chi connectivity index (χ0) is 19.9. The molecule has 28 heavy (non-hydrogen) atoms. The lowest BCUT2D eigenvalue weighted by molar-refractivity contribution is -0.113. The summed E-state index contributed by atoms with van der Waals surface area (Å²) in [6, 6.07) is 13.5. The van der Waals surface area contributed by atoms with Crippen LogP contribution in [-0.2, 0) is 4.79 Å². The number of carbonyl (C=O) groups excluding carboxylic acids is 1. The van der Waals surface area contributed by atoms with E-state index in [2.05, 4.69) is 42.0 Å². The lowest BCUT2D eigenvalue weighted by atomic mass is 10.2. The third kappa shape index (κ3) is 5.30. The number of anilines is 2. The highest BCUT2D eigenvalue weighted by molar-refractivity contribution is 9.10.